The average molecular weight is 173 g/mol. The quantitative estimate of drug-likeness (QED) is 0.632. The van der Waals surface area contributed by atoms with E-state index in [0.29, 0.717) is 5.56 Å². The van der Waals surface area contributed by atoms with E-state index in [4.69, 9.17) is 0 Å². The standard InChI is InChI=1S/C8H9F2NO/c1-5-4-11(2)7(12)3-6(5)8(9)10/h3-4,8H,1-2H3. The van der Waals surface area contributed by atoms with Crippen molar-refractivity contribution in [3.63, 3.8) is 0 Å². The van der Waals surface area contributed by atoms with Crippen molar-refractivity contribution in [2.45, 2.75) is 13.3 Å². The summed E-state index contributed by atoms with van der Waals surface area (Å²) in [6.45, 7) is 1.56. The Hall–Kier alpha value is -1.19. The van der Waals surface area contributed by atoms with Crippen LogP contribution in [0.4, 0.5) is 8.78 Å². The summed E-state index contributed by atoms with van der Waals surface area (Å²) in [7, 11) is 1.53. The highest BCUT2D eigenvalue weighted by Crippen LogP contribution is 2.19. The van der Waals surface area contributed by atoms with Crippen molar-refractivity contribution in [1.82, 2.24) is 4.57 Å². The highest BCUT2D eigenvalue weighted by Gasteiger charge is 2.11. The van der Waals surface area contributed by atoms with Gasteiger partial charge in [0, 0.05) is 24.9 Å². The number of aryl methyl sites for hydroxylation is 2. The van der Waals surface area contributed by atoms with Crippen LogP contribution in [0.25, 0.3) is 0 Å². The first-order valence-corrected chi connectivity index (χ1v) is 3.47. The number of nitrogens with zero attached hydrogens (tertiary/aromatic N) is 1. The molecule has 2 nitrogen and oxygen atoms in total. The lowest BCUT2D eigenvalue weighted by molar-refractivity contribution is 0.150. The van der Waals surface area contributed by atoms with Crippen LogP contribution in [0.3, 0.4) is 0 Å². The molecule has 0 N–H and O–H groups in total. The predicted molar refractivity (Wildman–Crippen MR) is 41.4 cm³/mol. The monoisotopic (exact) mass is 173 g/mol. The minimum atomic E-state index is -2.57. The lowest BCUT2D eigenvalue weighted by atomic mass is 10.2. The van der Waals surface area contributed by atoms with Crippen molar-refractivity contribution in [2.75, 3.05) is 0 Å². The number of hydrogen-bond acceptors (Lipinski definition) is 1. The first-order chi connectivity index (χ1) is 5.52. The van der Waals surface area contributed by atoms with Crippen LogP contribution in [0.5, 0.6) is 0 Å². The van der Waals surface area contributed by atoms with Gasteiger partial charge in [-0.25, -0.2) is 8.78 Å². The minimum Gasteiger partial charge on any atom is -0.318 e. The lowest BCUT2D eigenvalue weighted by Crippen LogP contribution is -2.16. The molecule has 0 bridgehead atoms. The maximum Gasteiger partial charge on any atom is 0.264 e. The zero-order valence-corrected chi connectivity index (χ0v) is 6.84. The molecule has 0 aliphatic carbocycles. The van der Waals surface area contributed by atoms with E-state index in [1.54, 1.807) is 6.92 Å². The van der Waals surface area contributed by atoms with Gasteiger partial charge in [0.25, 0.3) is 12.0 Å². The van der Waals surface area contributed by atoms with E-state index in [1.165, 1.54) is 17.8 Å². The van der Waals surface area contributed by atoms with Gasteiger partial charge < -0.3 is 4.57 Å². The van der Waals surface area contributed by atoms with Crippen molar-refractivity contribution in [1.29, 1.82) is 0 Å². The van der Waals surface area contributed by atoms with Crippen LogP contribution in [-0.2, 0) is 7.05 Å². The Bertz CT molecular complexity index is 343. The number of pyridine rings is 1. The molecule has 4 heteroatoms. The second-order valence-corrected chi connectivity index (χ2v) is 2.66. The number of alkyl halides is 2. The van der Waals surface area contributed by atoms with Crippen LogP contribution >= 0.6 is 0 Å². The van der Waals surface area contributed by atoms with E-state index in [-0.39, 0.29) is 5.56 Å². The highest BCUT2D eigenvalue weighted by molar-refractivity contribution is 5.23. The molecule has 0 atom stereocenters. The summed E-state index contributed by atoms with van der Waals surface area (Å²) >= 11 is 0. The largest absolute Gasteiger partial charge is 0.318 e. The van der Waals surface area contributed by atoms with E-state index in [9.17, 15) is 13.6 Å². The minimum absolute atomic E-state index is 0.182. The van der Waals surface area contributed by atoms with Gasteiger partial charge in [-0.15, -0.1) is 0 Å². The van der Waals surface area contributed by atoms with Gasteiger partial charge in [0.05, 0.1) is 0 Å². The second kappa shape index (κ2) is 3.05. The number of aromatic nitrogens is 1. The number of rotatable bonds is 1. The average Bonchev–Trinajstić information content (AvgIpc) is 1.96. The Kier molecular flexibility index (Phi) is 2.26. The number of halogens is 2. The highest BCUT2D eigenvalue weighted by atomic mass is 19.3. The van der Waals surface area contributed by atoms with Crippen LogP contribution in [0, 0.1) is 6.92 Å². The van der Waals surface area contributed by atoms with E-state index in [0.717, 1.165) is 6.07 Å². The summed E-state index contributed by atoms with van der Waals surface area (Å²) in [5, 5.41) is 0. The molecule has 0 aromatic carbocycles. The molecule has 1 aromatic rings. The van der Waals surface area contributed by atoms with Gasteiger partial charge >= 0.3 is 0 Å². The molecular formula is C8H9F2NO. The maximum atomic E-state index is 12.2. The number of hydrogen-bond donors (Lipinski definition) is 0. The molecule has 0 amide bonds. The van der Waals surface area contributed by atoms with Crippen molar-refractivity contribution in [3.8, 4) is 0 Å². The second-order valence-electron chi connectivity index (χ2n) is 2.66. The van der Waals surface area contributed by atoms with Gasteiger partial charge in [0.15, 0.2) is 0 Å². The van der Waals surface area contributed by atoms with Crippen LogP contribution < -0.4 is 5.56 Å². The molecule has 12 heavy (non-hydrogen) atoms. The molecule has 66 valence electrons. The summed E-state index contributed by atoms with van der Waals surface area (Å²) in [5.41, 5.74) is -0.152. The molecule has 0 saturated heterocycles. The fraction of sp³-hybridized carbons (Fsp3) is 0.375. The summed E-state index contributed by atoms with van der Waals surface area (Å²) in [5.74, 6) is 0. The first-order valence-electron chi connectivity index (χ1n) is 3.47. The van der Waals surface area contributed by atoms with Crippen molar-refractivity contribution < 1.29 is 8.78 Å². The van der Waals surface area contributed by atoms with Crippen molar-refractivity contribution >= 4 is 0 Å². The SMILES string of the molecule is Cc1cn(C)c(=O)cc1C(F)F. The van der Waals surface area contributed by atoms with Crippen LogP contribution in [-0.4, -0.2) is 4.57 Å². The fourth-order valence-corrected chi connectivity index (χ4v) is 1.01. The van der Waals surface area contributed by atoms with Crippen LogP contribution in [0.1, 0.15) is 17.6 Å². The summed E-state index contributed by atoms with van der Waals surface area (Å²) in [6.07, 6.45) is -1.16. The van der Waals surface area contributed by atoms with Crippen LogP contribution in [0.2, 0.25) is 0 Å². The topological polar surface area (TPSA) is 22.0 Å². The third-order valence-electron chi connectivity index (χ3n) is 1.70. The molecule has 0 unspecified atom stereocenters. The molecule has 0 spiro atoms. The Labute approximate surface area is 68.4 Å². The smallest absolute Gasteiger partial charge is 0.264 e. The van der Waals surface area contributed by atoms with E-state index in [1.807, 2.05) is 0 Å². The maximum absolute atomic E-state index is 12.2. The van der Waals surface area contributed by atoms with Gasteiger partial charge in [-0.2, -0.15) is 0 Å². The zero-order valence-electron chi connectivity index (χ0n) is 6.84. The Balaban J connectivity index is 3.33. The van der Waals surface area contributed by atoms with E-state index >= 15 is 0 Å². The lowest BCUT2D eigenvalue weighted by Gasteiger charge is -2.05. The third-order valence-corrected chi connectivity index (χ3v) is 1.70. The zero-order chi connectivity index (χ0) is 9.30. The molecular weight excluding hydrogens is 164 g/mol. The predicted octanol–water partition coefficient (Wildman–Crippen LogP) is 1.63. The van der Waals surface area contributed by atoms with Gasteiger partial charge in [-0.1, -0.05) is 0 Å². The summed E-state index contributed by atoms with van der Waals surface area (Å²) in [4.78, 5) is 10.9. The van der Waals surface area contributed by atoms with Gasteiger partial charge in [-0.05, 0) is 12.5 Å². The molecule has 0 saturated carbocycles. The van der Waals surface area contributed by atoms with E-state index in [2.05, 4.69) is 0 Å². The Morgan fingerprint density at radius 3 is 2.58 bits per heavy atom. The third kappa shape index (κ3) is 1.52. The molecule has 1 aromatic heterocycles. The molecule has 0 aliphatic rings. The normalized spacial score (nSPS) is 10.8. The van der Waals surface area contributed by atoms with Gasteiger partial charge in [0.2, 0.25) is 0 Å². The summed E-state index contributed by atoms with van der Waals surface area (Å²) < 4.78 is 25.7. The van der Waals surface area contributed by atoms with Gasteiger partial charge in [-0.3, -0.25) is 4.79 Å². The van der Waals surface area contributed by atoms with Gasteiger partial charge in [0.1, 0.15) is 0 Å². The molecule has 1 heterocycles. The fourth-order valence-electron chi connectivity index (χ4n) is 1.01. The Morgan fingerprint density at radius 2 is 2.08 bits per heavy atom. The Morgan fingerprint density at radius 1 is 1.50 bits per heavy atom. The molecule has 0 fully saturated rings. The van der Waals surface area contributed by atoms with Crippen molar-refractivity contribution in [3.05, 3.63) is 33.7 Å². The molecule has 0 radical (unpaired) electrons. The summed E-state index contributed by atoms with van der Waals surface area (Å²) in [6, 6.07) is 0.972. The first kappa shape index (κ1) is 8.90. The van der Waals surface area contributed by atoms with Crippen molar-refractivity contribution in [2.24, 2.45) is 7.05 Å². The van der Waals surface area contributed by atoms with E-state index < -0.39 is 12.0 Å². The van der Waals surface area contributed by atoms with Crippen LogP contribution in [0.15, 0.2) is 17.1 Å². The molecule has 1 rings (SSSR count). The molecule has 0 aliphatic heterocycles.